The average Bonchev–Trinajstić information content (AvgIpc) is 2.94. The molecule has 0 heterocycles. The van der Waals surface area contributed by atoms with Gasteiger partial charge in [0.15, 0.2) is 0 Å². The first-order chi connectivity index (χ1) is 19.0. The summed E-state index contributed by atoms with van der Waals surface area (Å²) in [6.45, 7) is 6.78. The molecule has 0 radical (unpaired) electrons. The maximum Gasteiger partial charge on any atom is 0.264 e. The molecule has 7 nitrogen and oxygen atoms in total. The Hall–Kier alpha value is -3.43. The largest absolute Gasteiger partial charge is 0.352 e. The quantitative estimate of drug-likeness (QED) is 0.294. The van der Waals surface area contributed by atoms with E-state index in [0.29, 0.717) is 17.0 Å². The number of sulfonamides is 1. The third-order valence-electron chi connectivity index (χ3n) is 6.71. The number of aryl methyl sites for hydroxylation is 1. The molecular weight excluding hydrogens is 553 g/mol. The van der Waals surface area contributed by atoms with Crippen molar-refractivity contribution >= 4 is 39.1 Å². The van der Waals surface area contributed by atoms with Crippen LogP contribution in [-0.4, -0.2) is 43.8 Å². The fourth-order valence-corrected chi connectivity index (χ4v) is 5.73. The van der Waals surface area contributed by atoms with Crippen molar-refractivity contribution < 1.29 is 22.4 Å². The van der Waals surface area contributed by atoms with E-state index < -0.39 is 34.3 Å². The van der Waals surface area contributed by atoms with Crippen molar-refractivity contribution in [1.29, 1.82) is 0 Å². The third kappa shape index (κ3) is 7.61. The Morgan fingerprint density at radius 1 is 0.975 bits per heavy atom. The summed E-state index contributed by atoms with van der Waals surface area (Å²) in [7, 11) is -4.19. The summed E-state index contributed by atoms with van der Waals surface area (Å²) in [5, 5.41) is 3.27. The lowest BCUT2D eigenvalue weighted by molar-refractivity contribution is -0.140. The molecule has 0 fully saturated rings. The van der Waals surface area contributed by atoms with Crippen LogP contribution in [0.15, 0.2) is 77.7 Å². The SMILES string of the molecule is CCC(C)NC(=O)C(CC)N(Cc1ccc(F)cc1)C(=O)CN(c1ccc(C)c(Cl)c1)S(=O)(=O)c1ccccc1. The van der Waals surface area contributed by atoms with E-state index >= 15 is 0 Å². The molecule has 214 valence electrons. The minimum Gasteiger partial charge on any atom is -0.352 e. The van der Waals surface area contributed by atoms with Crippen LogP contribution in [0.5, 0.6) is 0 Å². The Morgan fingerprint density at radius 3 is 2.20 bits per heavy atom. The van der Waals surface area contributed by atoms with Gasteiger partial charge in [0.05, 0.1) is 10.6 Å². The van der Waals surface area contributed by atoms with Crippen LogP contribution in [0.2, 0.25) is 5.02 Å². The number of carbonyl (C=O) groups is 2. The molecular formula is C30H35ClFN3O4S. The van der Waals surface area contributed by atoms with Gasteiger partial charge in [0, 0.05) is 17.6 Å². The first-order valence-corrected chi connectivity index (χ1v) is 15.0. The number of nitrogens with one attached hydrogen (secondary N) is 1. The summed E-state index contributed by atoms with van der Waals surface area (Å²) in [4.78, 5) is 28.7. The van der Waals surface area contributed by atoms with Gasteiger partial charge in [0.1, 0.15) is 18.4 Å². The highest BCUT2D eigenvalue weighted by Crippen LogP contribution is 2.28. The molecule has 0 aromatic heterocycles. The number of hydrogen-bond acceptors (Lipinski definition) is 4. The van der Waals surface area contributed by atoms with Crippen molar-refractivity contribution in [3.8, 4) is 0 Å². The smallest absolute Gasteiger partial charge is 0.264 e. The van der Waals surface area contributed by atoms with E-state index in [1.165, 1.54) is 47.4 Å². The van der Waals surface area contributed by atoms with E-state index in [1.54, 1.807) is 44.2 Å². The summed E-state index contributed by atoms with van der Waals surface area (Å²) >= 11 is 6.35. The van der Waals surface area contributed by atoms with Gasteiger partial charge in [0.2, 0.25) is 11.8 Å². The van der Waals surface area contributed by atoms with E-state index in [2.05, 4.69) is 5.32 Å². The second-order valence-corrected chi connectivity index (χ2v) is 11.9. The Kier molecular flexibility index (Phi) is 10.7. The molecule has 40 heavy (non-hydrogen) atoms. The molecule has 2 atom stereocenters. The normalized spacial score (nSPS) is 12.8. The molecule has 2 unspecified atom stereocenters. The molecule has 0 bridgehead atoms. The maximum atomic E-state index is 14.0. The van der Waals surface area contributed by atoms with Gasteiger partial charge in [-0.3, -0.25) is 13.9 Å². The average molecular weight is 588 g/mol. The summed E-state index contributed by atoms with van der Waals surface area (Å²) in [5.74, 6) is -1.37. The van der Waals surface area contributed by atoms with Gasteiger partial charge in [0.25, 0.3) is 10.0 Å². The highest BCUT2D eigenvalue weighted by molar-refractivity contribution is 7.92. The van der Waals surface area contributed by atoms with Crippen LogP contribution in [0.25, 0.3) is 0 Å². The fourth-order valence-electron chi connectivity index (χ4n) is 4.13. The van der Waals surface area contributed by atoms with E-state index in [9.17, 15) is 22.4 Å². The van der Waals surface area contributed by atoms with Gasteiger partial charge in [-0.2, -0.15) is 0 Å². The van der Waals surface area contributed by atoms with Gasteiger partial charge in [-0.05, 0) is 74.2 Å². The molecule has 0 spiro atoms. The molecule has 3 aromatic rings. The first-order valence-electron chi connectivity index (χ1n) is 13.2. The molecule has 3 rings (SSSR count). The fraction of sp³-hybridized carbons (Fsp3) is 0.333. The predicted molar refractivity (Wildman–Crippen MR) is 156 cm³/mol. The lowest BCUT2D eigenvalue weighted by Crippen LogP contribution is -2.53. The topological polar surface area (TPSA) is 86.8 Å². The number of nitrogens with zero attached hydrogens (tertiary/aromatic N) is 2. The zero-order chi connectivity index (χ0) is 29.4. The van der Waals surface area contributed by atoms with E-state index in [4.69, 9.17) is 11.6 Å². The number of anilines is 1. The van der Waals surface area contributed by atoms with E-state index in [0.717, 1.165) is 9.87 Å². The van der Waals surface area contributed by atoms with E-state index in [1.807, 2.05) is 13.8 Å². The summed E-state index contributed by atoms with van der Waals surface area (Å²) in [6, 6.07) is 17.2. The first kappa shape index (κ1) is 31.1. The molecule has 0 aliphatic heterocycles. The van der Waals surface area contributed by atoms with Crippen LogP contribution in [0, 0.1) is 12.7 Å². The van der Waals surface area contributed by atoms with Crippen molar-refractivity contribution in [1.82, 2.24) is 10.2 Å². The van der Waals surface area contributed by atoms with Crippen molar-refractivity contribution in [3.05, 3.63) is 94.8 Å². The number of hydrogen-bond donors (Lipinski definition) is 1. The lowest BCUT2D eigenvalue weighted by atomic mass is 10.1. The minimum atomic E-state index is -4.19. The molecule has 0 saturated heterocycles. The standard InChI is InChI=1S/C30H35ClFN3O4S/c1-5-22(4)33-30(37)28(6-2)34(19-23-13-15-24(32)16-14-23)29(36)20-35(25-17-12-21(3)27(31)18-25)40(38,39)26-10-8-7-9-11-26/h7-18,22,28H,5-6,19-20H2,1-4H3,(H,33,37). The Morgan fingerprint density at radius 2 is 1.62 bits per heavy atom. The highest BCUT2D eigenvalue weighted by atomic mass is 35.5. The number of benzene rings is 3. The predicted octanol–water partition coefficient (Wildman–Crippen LogP) is 5.70. The second-order valence-electron chi connectivity index (χ2n) is 9.65. The van der Waals surface area contributed by atoms with Crippen LogP contribution in [0.4, 0.5) is 10.1 Å². The zero-order valence-electron chi connectivity index (χ0n) is 23.1. The summed E-state index contributed by atoms with van der Waals surface area (Å²) in [5.41, 5.74) is 1.56. The summed E-state index contributed by atoms with van der Waals surface area (Å²) < 4.78 is 42.3. The maximum absolute atomic E-state index is 14.0. The molecule has 0 saturated carbocycles. The van der Waals surface area contributed by atoms with Gasteiger partial charge in [-0.1, -0.05) is 61.8 Å². The third-order valence-corrected chi connectivity index (χ3v) is 8.90. The molecule has 0 aliphatic rings. The lowest BCUT2D eigenvalue weighted by Gasteiger charge is -2.33. The van der Waals surface area contributed by atoms with Crippen LogP contribution >= 0.6 is 11.6 Å². The van der Waals surface area contributed by atoms with E-state index in [-0.39, 0.29) is 35.5 Å². The molecule has 0 aliphatic carbocycles. The van der Waals surface area contributed by atoms with Crippen molar-refractivity contribution in [2.24, 2.45) is 0 Å². The molecule has 1 N–H and O–H groups in total. The van der Waals surface area contributed by atoms with Crippen molar-refractivity contribution in [2.75, 3.05) is 10.8 Å². The van der Waals surface area contributed by atoms with Crippen LogP contribution in [-0.2, 0) is 26.2 Å². The Labute approximate surface area is 241 Å². The summed E-state index contributed by atoms with van der Waals surface area (Å²) in [6.07, 6.45) is 0.988. The van der Waals surface area contributed by atoms with Crippen molar-refractivity contribution in [2.45, 2.75) is 64.1 Å². The van der Waals surface area contributed by atoms with Crippen LogP contribution in [0.1, 0.15) is 44.7 Å². The Balaban J connectivity index is 2.06. The molecule has 2 amide bonds. The molecule has 10 heteroatoms. The number of carbonyl (C=O) groups excluding carboxylic acids is 2. The minimum absolute atomic E-state index is 0.00568. The van der Waals surface area contributed by atoms with Gasteiger partial charge in [-0.15, -0.1) is 0 Å². The second kappa shape index (κ2) is 13.8. The monoisotopic (exact) mass is 587 g/mol. The zero-order valence-corrected chi connectivity index (χ0v) is 24.7. The Bertz CT molecular complexity index is 1420. The number of halogens is 2. The highest BCUT2D eigenvalue weighted by Gasteiger charge is 2.34. The number of amides is 2. The van der Waals surface area contributed by atoms with Crippen LogP contribution < -0.4 is 9.62 Å². The van der Waals surface area contributed by atoms with Gasteiger partial charge in [-0.25, -0.2) is 12.8 Å². The van der Waals surface area contributed by atoms with Crippen LogP contribution in [0.3, 0.4) is 0 Å². The van der Waals surface area contributed by atoms with Gasteiger partial charge >= 0.3 is 0 Å². The van der Waals surface area contributed by atoms with Gasteiger partial charge < -0.3 is 10.2 Å². The molecule has 3 aromatic carbocycles. The number of rotatable bonds is 12. The van der Waals surface area contributed by atoms with Crippen molar-refractivity contribution in [3.63, 3.8) is 0 Å².